The number of hydrogen-bond donors (Lipinski definition) is 0. The Kier molecular flexibility index (Phi) is 7.08. The normalized spacial score (nSPS) is 15.2. The van der Waals surface area contributed by atoms with Crippen molar-refractivity contribution in [2.75, 3.05) is 7.11 Å². The van der Waals surface area contributed by atoms with Gasteiger partial charge in [0.2, 0.25) is 0 Å². The number of nitrogens with zero attached hydrogens (tertiary/aromatic N) is 2. The zero-order chi connectivity index (χ0) is 25.9. The summed E-state index contributed by atoms with van der Waals surface area (Å²) in [7, 11) is 1.33. The highest BCUT2D eigenvalue weighted by Gasteiger charge is 2.32. The monoisotopic (exact) mass is 530 g/mol. The lowest BCUT2D eigenvalue weighted by Crippen LogP contribution is -2.39. The summed E-state index contributed by atoms with van der Waals surface area (Å²) in [6.45, 7) is 2.16. The van der Waals surface area contributed by atoms with Crippen LogP contribution in [0.2, 0.25) is 5.02 Å². The molecule has 0 amide bonds. The molecule has 4 aromatic rings. The maximum atomic E-state index is 13.7. The number of allylic oxidation sites excluding steroid dienone is 1. The van der Waals surface area contributed by atoms with Crippen molar-refractivity contribution in [1.82, 2.24) is 4.57 Å². The summed E-state index contributed by atoms with van der Waals surface area (Å²) in [6.07, 6.45) is 1.82. The summed E-state index contributed by atoms with van der Waals surface area (Å²) in [5.74, 6) is 0.178. The van der Waals surface area contributed by atoms with Gasteiger partial charge in [0, 0.05) is 5.02 Å². The molecular weight excluding hydrogens is 508 g/mol. The van der Waals surface area contributed by atoms with Crippen LogP contribution in [0.3, 0.4) is 0 Å². The summed E-state index contributed by atoms with van der Waals surface area (Å²) in [6, 6.07) is 23.8. The van der Waals surface area contributed by atoms with E-state index in [1.54, 1.807) is 11.5 Å². The van der Waals surface area contributed by atoms with Crippen molar-refractivity contribution in [3.63, 3.8) is 0 Å². The fourth-order valence-corrected chi connectivity index (χ4v) is 5.41. The van der Waals surface area contributed by atoms with E-state index in [-0.39, 0.29) is 5.56 Å². The molecule has 1 aliphatic rings. The average Bonchev–Trinajstić information content (AvgIpc) is 3.21. The van der Waals surface area contributed by atoms with E-state index < -0.39 is 12.0 Å². The number of halogens is 1. The van der Waals surface area contributed by atoms with Gasteiger partial charge in [0.05, 0.1) is 29.0 Å². The molecule has 37 heavy (non-hydrogen) atoms. The SMILES string of the molecule is COC(=O)C1=C(C)N=c2sc(=Cc3cccc(OCc4ccc(Cl)cc4)c3)c(=O)n2C1c1ccccc1. The minimum Gasteiger partial charge on any atom is -0.489 e. The number of thiazole rings is 1. The highest BCUT2D eigenvalue weighted by Crippen LogP contribution is 2.30. The smallest absolute Gasteiger partial charge is 0.338 e. The minimum atomic E-state index is -0.624. The average molecular weight is 531 g/mol. The molecule has 5 rings (SSSR count). The number of esters is 1. The van der Waals surface area contributed by atoms with E-state index in [0.29, 0.717) is 38.0 Å². The number of aromatic nitrogens is 1. The van der Waals surface area contributed by atoms with Gasteiger partial charge in [-0.25, -0.2) is 9.79 Å². The molecule has 1 aromatic heterocycles. The molecule has 1 atom stereocenters. The molecule has 8 heteroatoms. The van der Waals surface area contributed by atoms with Gasteiger partial charge >= 0.3 is 5.97 Å². The summed E-state index contributed by atoms with van der Waals surface area (Å²) in [4.78, 5) is 31.5. The van der Waals surface area contributed by atoms with Crippen LogP contribution >= 0.6 is 22.9 Å². The third-order valence-corrected chi connectivity index (χ3v) is 7.25. The molecule has 0 fully saturated rings. The van der Waals surface area contributed by atoms with E-state index in [9.17, 15) is 9.59 Å². The van der Waals surface area contributed by atoms with Gasteiger partial charge in [0.1, 0.15) is 12.4 Å². The van der Waals surface area contributed by atoms with Crippen LogP contribution in [-0.4, -0.2) is 17.6 Å². The lowest BCUT2D eigenvalue weighted by atomic mass is 9.96. The quantitative estimate of drug-likeness (QED) is 0.341. The molecule has 3 aromatic carbocycles. The number of carbonyl (C=O) groups excluding carboxylic acids is 1. The maximum Gasteiger partial charge on any atom is 0.338 e. The van der Waals surface area contributed by atoms with E-state index in [1.807, 2.05) is 84.9 Å². The predicted molar refractivity (Wildman–Crippen MR) is 144 cm³/mol. The molecule has 2 heterocycles. The lowest BCUT2D eigenvalue weighted by Gasteiger charge is -2.24. The molecule has 0 spiro atoms. The second-order valence-corrected chi connectivity index (χ2v) is 9.92. The molecule has 186 valence electrons. The number of rotatable bonds is 6. The first-order valence-corrected chi connectivity index (χ1v) is 12.8. The number of methoxy groups -OCH3 is 1. The van der Waals surface area contributed by atoms with Crippen LogP contribution in [-0.2, 0) is 16.1 Å². The van der Waals surface area contributed by atoms with Crippen LogP contribution in [0.5, 0.6) is 5.75 Å². The highest BCUT2D eigenvalue weighted by molar-refractivity contribution is 7.07. The number of ether oxygens (including phenoxy) is 2. The summed E-state index contributed by atoms with van der Waals surface area (Å²) < 4.78 is 13.1. The molecule has 0 N–H and O–H groups in total. The van der Waals surface area contributed by atoms with Gasteiger partial charge in [-0.2, -0.15) is 0 Å². The minimum absolute atomic E-state index is 0.223. The Bertz CT molecular complexity index is 1670. The van der Waals surface area contributed by atoms with Gasteiger partial charge < -0.3 is 9.47 Å². The van der Waals surface area contributed by atoms with E-state index in [2.05, 4.69) is 4.99 Å². The van der Waals surface area contributed by atoms with Crippen molar-refractivity contribution in [3.8, 4) is 5.75 Å². The topological polar surface area (TPSA) is 69.9 Å². The Morgan fingerprint density at radius 2 is 1.84 bits per heavy atom. The second-order valence-electron chi connectivity index (χ2n) is 8.47. The standard InChI is InChI=1S/C29H23ClN2O4S/c1-18-25(28(34)35-2)26(21-8-4-3-5-9-21)32-27(33)24(37-29(32)31-18)16-20-7-6-10-23(15-20)36-17-19-11-13-22(30)14-12-19/h3-16,26H,17H2,1-2H3. The fourth-order valence-electron chi connectivity index (χ4n) is 4.24. The van der Waals surface area contributed by atoms with Crippen molar-refractivity contribution in [1.29, 1.82) is 0 Å². The van der Waals surface area contributed by atoms with Crippen molar-refractivity contribution >= 4 is 35.0 Å². The Hall–Kier alpha value is -3.94. The maximum absolute atomic E-state index is 13.7. The molecule has 0 saturated carbocycles. The number of fused-ring (bicyclic) bond motifs is 1. The van der Waals surface area contributed by atoms with Gasteiger partial charge in [-0.05, 0) is 54.0 Å². The first kappa shape index (κ1) is 24.7. The van der Waals surface area contributed by atoms with E-state index in [4.69, 9.17) is 21.1 Å². The molecule has 1 aliphatic heterocycles. The third-order valence-electron chi connectivity index (χ3n) is 6.02. The largest absolute Gasteiger partial charge is 0.489 e. The number of carbonyl (C=O) groups is 1. The molecule has 6 nitrogen and oxygen atoms in total. The van der Waals surface area contributed by atoms with Crippen molar-refractivity contribution < 1.29 is 14.3 Å². The van der Waals surface area contributed by atoms with Crippen LogP contribution < -0.4 is 19.6 Å². The Morgan fingerprint density at radius 3 is 2.57 bits per heavy atom. The fraction of sp³-hybridized carbons (Fsp3) is 0.138. The van der Waals surface area contributed by atoms with Gasteiger partial charge in [-0.1, -0.05) is 77.5 Å². The van der Waals surface area contributed by atoms with E-state index >= 15 is 0 Å². The molecule has 0 radical (unpaired) electrons. The Balaban J connectivity index is 1.53. The van der Waals surface area contributed by atoms with Crippen LogP contribution in [0.4, 0.5) is 0 Å². The third kappa shape index (κ3) is 5.14. The predicted octanol–water partition coefficient (Wildman–Crippen LogP) is 4.64. The first-order valence-electron chi connectivity index (χ1n) is 11.6. The van der Waals surface area contributed by atoms with Gasteiger partial charge in [-0.15, -0.1) is 0 Å². The zero-order valence-electron chi connectivity index (χ0n) is 20.2. The summed E-state index contributed by atoms with van der Waals surface area (Å²) >= 11 is 7.24. The lowest BCUT2D eigenvalue weighted by molar-refractivity contribution is -0.136. The highest BCUT2D eigenvalue weighted by atomic mass is 35.5. The van der Waals surface area contributed by atoms with E-state index in [0.717, 1.165) is 16.7 Å². The Morgan fingerprint density at radius 1 is 1.08 bits per heavy atom. The van der Waals surface area contributed by atoms with Crippen LogP contribution in [0, 0.1) is 0 Å². The van der Waals surface area contributed by atoms with Gasteiger partial charge in [0.25, 0.3) is 5.56 Å². The molecular formula is C29H23ClN2O4S. The number of hydrogen-bond acceptors (Lipinski definition) is 6. The van der Waals surface area contributed by atoms with Crippen molar-refractivity contribution in [2.24, 2.45) is 4.99 Å². The van der Waals surface area contributed by atoms with Crippen LogP contribution in [0.25, 0.3) is 6.08 Å². The van der Waals surface area contributed by atoms with Crippen LogP contribution in [0.1, 0.15) is 29.7 Å². The Labute approximate surface area is 222 Å². The van der Waals surface area contributed by atoms with Crippen molar-refractivity contribution in [2.45, 2.75) is 19.6 Å². The van der Waals surface area contributed by atoms with Crippen molar-refractivity contribution in [3.05, 3.63) is 132 Å². The van der Waals surface area contributed by atoms with Gasteiger partial charge in [0.15, 0.2) is 4.80 Å². The second kappa shape index (κ2) is 10.6. The first-order chi connectivity index (χ1) is 17.9. The number of benzene rings is 3. The molecule has 0 saturated heterocycles. The van der Waals surface area contributed by atoms with Gasteiger partial charge in [-0.3, -0.25) is 9.36 Å². The molecule has 1 unspecified atom stereocenters. The van der Waals surface area contributed by atoms with Crippen LogP contribution in [0.15, 0.2) is 99.9 Å². The summed E-state index contributed by atoms with van der Waals surface area (Å²) in [5, 5.41) is 0.676. The zero-order valence-corrected chi connectivity index (χ0v) is 21.8. The molecule has 0 aliphatic carbocycles. The summed E-state index contributed by atoms with van der Waals surface area (Å²) in [5.41, 5.74) is 3.29. The van der Waals surface area contributed by atoms with E-state index in [1.165, 1.54) is 18.4 Å². The molecule has 0 bridgehead atoms.